The predicted molar refractivity (Wildman–Crippen MR) is 67.7 cm³/mol. The molecule has 0 unspecified atom stereocenters. The second-order valence-electron chi connectivity index (χ2n) is 4.62. The van der Waals surface area contributed by atoms with E-state index in [9.17, 15) is 8.42 Å². The molecule has 0 aliphatic heterocycles. The number of fused-ring (bicyclic) bond motifs is 1. The maximum Gasteiger partial charge on any atom is 0.274 e. The lowest BCUT2D eigenvalue weighted by molar-refractivity contribution is 0.568. The molecule has 17 heavy (non-hydrogen) atoms. The molecule has 4 nitrogen and oxygen atoms in total. The number of aryl methyl sites for hydroxylation is 2. The molecule has 3 N–H and O–H groups in total. The van der Waals surface area contributed by atoms with Gasteiger partial charge in [-0.05, 0) is 49.3 Å². The van der Waals surface area contributed by atoms with E-state index in [1.807, 2.05) is 6.07 Å². The minimum absolute atomic E-state index is 0.280. The molecule has 5 heteroatoms. The molecule has 94 valence electrons. The zero-order valence-electron chi connectivity index (χ0n) is 9.94. The Labute approximate surface area is 102 Å². The molecule has 0 fully saturated rings. The van der Waals surface area contributed by atoms with Crippen LogP contribution < -0.4 is 9.86 Å². The molecule has 0 saturated heterocycles. The highest BCUT2D eigenvalue weighted by molar-refractivity contribution is 7.87. The van der Waals surface area contributed by atoms with Crippen LogP contribution in [0.2, 0.25) is 0 Å². The lowest BCUT2D eigenvalue weighted by Crippen LogP contribution is -2.33. The van der Waals surface area contributed by atoms with Gasteiger partial charge in [-0.15, -0.1) is 0 Å². The van der Waals surface area contributed by atoms with Crippen molar-refractivity contribution in [1.29, 1.82) is 0 Å². The lowest BCUT2D eigenvalue weighted by atomic mass is 9.89. The Morgan fingerprint density at radius 1 is 1.24 bits per heavy atom. The van der Waals surface area contributed by atoms with Crippen molar-refractivity contribution in [3.05, 3.63) is 34.9 Å². The van der Waals surface area contributed by atoms with Crippen LogP contribution in [0.3, 0.4) is 0 Å². The fourth-order valence-electron chi connectivity index (χ4n) is 2.34. The Morgan fingerprint density at radius 2 is 1.88 bits per heavy atom. The standard InChI is InChI=1S/C12H18N2O2S/c1-9(14-17(13,15)16)11-7-6-10-4-2-3-5-12(10)8-11/h6-9,14H,2-5H2,1H3,(H2,13,15,16)/t9-/m1/s1. The SMILES string of the molecule is C[C@@H](NS(N)(=O)=O)c1ccc2c(c1)CCCC2. The van der Waals surface area contributed by atoms with Gasteiger partial charge in [0.2, 0.25) is 0 Å². The molecule has 0 aromatic heterocycles. The van der Waals surface area contributed by atoms with Gasteiger partial charge in [0, 0.05) is 6.04 Å². The van der Waals surface area contributed by atoms with Gasteiger partial charge in [0.15, 0.2) is 0 Å². The maximum absolute atomic E-state index is 11.0. The van der Waals surface area contributed by atoms with Crippen LogP contribution in [-0.2, 0) is 23.1 Å². The van der Waals surface area contributed by atoms with E-state index in [1.165, 1.54) is 24.0 Å². The fourth-order valence-corrected chi connectivity index (χ4v) is 2.97. The van der Waals surface area contributed by atoms with Gasteiger partial charge in [0.1, 0.15) is 0 Å². The Kier molecular flexibility index (Phi) is 3.51. The highest BCUT2D eigenvalue weighted by Crippen LogP contribution is 2.24. The first-order chi connectivity index (χ1) is 7.96. The molecule has 0 amide bonds. The third kappa shape index (κ3) is 3.28. The molecule has 0 saturated carbocycles. The van der Waals surface area contributed by atoms with Crippen molar-refractivity contribution in [3.8, 4) is 0 Å². The number of rotatable bonds is 3. The molecule has 1 aliphatic carbocycles. The van der Waals surface area contributed by atoms with Crippen LogP contribution in [0, 0.1) is 0 Å². The van der Waals surface area contributed by atoms with Crippen molar-refractivity contribution >= 4 is 10.2 Å². The van der Waals surface area contributed by atoms with E-state index in [1.54, 1.807) is 6.92 Å². The van der Waals surface area contributed by atoms with Crippen LogP contribution in [0.1, 0.15) is 42.5 Å². The van der Waals surface area contributed by atoms with Crippen molar-refractivity contribution < 1.29 is 8.42 Å². The molecule has 0 spiro atoms. The predicted octanol–water partition coefficient (Wildman–Crippen LogP) is 1.42. The number of hydrogen-bond acceptors (Lipinski definition) is 2. The Balaban J connectivity index is 2.22. The van der Waals surface area contributed by atoms with Gasteiger partial charge in [0.25, 0.3) is 10.2 Å². The van der Waals surface area contributed by atoms with E-state index >= 15 is 0 Å². The topological polar surface area (TPSA) is 72.2 Å². The quantitative estimate of drug-likeness (QED) is 0.856. The van der Waals surface area contributed by atoms with Crippen LogP contribution in [0.5, 0.6) is 0 Å². The average molecular weight is 254 g/mol. The highest BCUT2D eigenvalue weighted by Gasteiger charge is 2.14. The fraction of sp³-hybridized carbons (Fsp3) is 0.500. The summed E-state index contributed by atoms with van der Waals surface area (Å²) in [5.41, 5.74) is 3.71. The summed E-state index contributed by atoms with van der Waals surface area (Å²) in [5, 5.41) is 4.97. The monoisotopic (exact) mass is 254 g/mol. The summed E-state index contributed by atoms with van der Waals surface area (Å²) < 4.78 is 24.3. The molecule has 1 atom stereocenters. The van der Waals surface area contributed by atoms with Crippen LogP contribution in [-0.4, -0.2) is 8.42 Å². The van der Waals surface area contributed by atoms with Crippen molar-refractivity contribution in [1.82, 2.24) is 4.72 Å². The highest BCUT2D eigenvalue weighted by atomic mass is 32.2. The van der Waals surface area contributed by atoms with Crippen molar-refractivity contribution in [2.75, 3.05) is 0 Å². The van der Waals surface area contributed by atoms with Gasteiger partial charge in [0.05, 0.1) is 0 Å². The summed E-state index contributed by atoms with van der Waals surface area (Å²) in [7, 11) is -3.64. The third-order valence-electron chi connectivity index (χ3n) is 3.21. The van der Waals surface area contributed by atoms with Crippen LogP contribution in [0.4, 0.5) is 0 Å². The lowest BCUT2D eigenvalue weighted by Gasteiger charge is -2.19. The summed E-state index contributed by atoms with van der Waals surface area (Å²) in [6.07, 6.45) is 4.68. The molecule has 1 aliphatic rings. The summed E-state index contributed by atoms with van der Waals surface area (Å²) in [6.45, 7) is 1.80. The van der Waals surface area contributed by atoms with Crippen molar-refractivity contribution in [2.45, 2.75) is 38.6 Å². The molecule has 0 bridgehead atoms. The first-order valence-electron chi connectivity index (χ1n) is 5.87. The first-order valence-corrected chi connectivity index (χ1v) is 7.42. The zero-order chi connectivity index (χ0) is 12.5. The average Bonchev–Trinajstić information content (AvgIpc) is 2.26. The largest absolute Gasteiger partial charge is 0.274 e. The van der Waals surface area contributed by atoms with E-state index in [4.69, 9.17) is 5.14 Å². The van der Waals surface area contributed by atoms with Crippen molar-refractivity contribution in [2.24, 2.45) is 5.14 Å². The zero-order valence-corrected chi connectivity index (χ0v) is 10.8. The number of hydrogen-bond donors (Lipinski definition) is 2. The number of nitrogens with two attached hydrogens (primary N) is 1. The van der Waals surface area contributed by atoms with E-state index in [2.05, 4.69) is 16.9 Å². The molecule has 1 aromatic carbocycles. The second-order valence-corrected chi connectivity index (χ2v) is 5.95. The van der Waals surface area contributed by atoms with E-state index in [-0.39, 0.29) is 6.04 Å². The van der Waals surface area contributed by atoms with Gasteiger partial charge < -0.3 is 0 Å². The number of nitrogens with one attached hydrogen (secondary N) is 1. The Hall–Kier alpha value is -0.910. The summed E-state index contributed by atoms with van der Waals surface area (Å²) in [6, 6.07) is 5.90. The van der Waals surface area contributed by atoms with Gasteiger partial charge in [-0.1, -0.05) is 18.2 Å². The second kappa shape index (κ2) is 4.76. The van der Waals surface area contributed by atoms with Gasteiger partial charge in [-0.3, -0.25) is 0 Å². The summed E-state index contributed by atoms with van der Waals surface area (Å²) in [4.78, 5) is 0. The third-order valence-corrected chi connectivity index (χ3v) is 3.90. The van der Waals surface area contributed by atoms with Crippen molar-refractivity contribution in [3.63, 3.8) is 0 Å². The van der Waals surface area contributed by atoms with Gasteiger partial charge in [-0.25, -0.2) is 5.14 Å². The minimum Gasteiger partial charge on any atom is -0.216 e. The van der Waals surface area contributed by atoms with E-state index < -0.39 is 10.2 Å². The van der Waals surface area contributed by atoms with E-state index in [0.29, 0.717) is 0 Å². The molecule has 0 radical (unpaired) electrons. The normalized spacial score (nSPS) is 17.5. The molecule has 1 aromatic rings. The maximum atomic E-state index is 11.0. The Bertz CT molecular complexity index is 511. The van der Waals surface area contributed by atoms with Gasteiger partial charge in [-0.2, -0.15) is 13.1 Å². The van der Waals surface area contributed by atoms with Gasteiger partial charge >= 0.3 is 0 Å². The van der Waals surface area contributed by atoms with E-state index in [0.717, 1.165) is 18.4 Å². The molecule has 0 heterocycles. The minimum atomic E-state index is -3.64. The number of benzene rings is 1. The van der Waals surface area contributed by atoms with Crippen LogP contribution in [0.25, 0.3) is 0 Å². The molecule has 2 rings (SSSR count). The first kappa shape index (κ1) is 12.5. The summed E-state index contributed by atoms with van der Waals surface area (Å²) >= 11 is 0. The molecular weight excluding hydrogens is 236 g/mol. The van der Waals surface area contributed by atoms with Crippen LogP contribution in [0.15, 0.2) is 18.2 Å². The Morgan fingerprint density at radius 3 is 2.53 bits per heavy atom. The smallest absolute Gasteiger partial charge is 0.216 e. The summed E-state index contributed by atoms with van der Waals surface area (Å²) in [5.74, 6) is 0. The van der Waals surface area contributed by atoms with Crippen LogP contribution >= 0.6 is 0 Å². The molecular formula is C12H18N2O2S.